The Bertz CT molecular complexity index is 1180. The second-order valence-electron chi connectivity index (χ2n) is 7.63. The Kier molecular flexibility index (Phi) is 7.43. The number of ether oxygens (including phenoxy) is 2. The lowest BCUT2D eigenvalue weighted by Gasteiger charge is -2.26. The van der Waals surface area contributed by atoms with E-state index in [4.69, 9.17) is 25.6 Å². The standard InChI is InChI=1S/C22H21ClF4N4O4/c1-2-34-21(32)17-18(16-14(23)4-3-5-15(16)24)29-35-19(17)13-12-28-31(20(13)22(25,26)27)7-6-30-8-10-33-11-9-30/h3-5,12H,2,6-11H2,1H3. The monoisotopic (exact) mass is 516 g/mol. The number of carbonyl (C=O) groups excluding carboxylic acids is 1. The van der Waals surface area contributed by atoms with Crippen molar-refractivity contribution in [3.63, 3.8) is 0 Å². The number of morpholine rings is 1. The third-order valence-corrected chi connectivity index (χ3v) is 5.77. The summed E-state index contributed by atoms with van der Waals surface area (Å²) in [6, 6.07) is 3.77. The summed E-state index contributed by atoms with van der Waals surface area (Å²) in [7, 11) is 0. The summed E-state index contributed by atoms with van der Waals surface area (Å²) in [5.74, 6) is -2.41. The lowest BCUT2D eigenvalue weighted by atomic mass is 10.0. The van der Waals surface area contributed by atoms with Crippen LogP contribution in [0.15, 0.2) is 28.9 Å². The zero-order chi connectivity index (χ0) is 25.2. The van der Waals surface area contributed by atoms with Gasteiger partial charge in [-0.3, -0.25) is 9.58 Å². The van der Waals surface area contributed by atoms with Crippen LogP contribution in [0.3, 0.4) is 0 Å². The maximum absolute atomic E-state index is 14.6. The summed E-state index contributed by atoms with van der Waals surface area (Å²) in [6.07, 6.45) is -3.90. The van der Waals surface area contributed by atoms with E-state index in [0.29, 0.717) is 32.8 Å². The molecule has 1 fully saturated rings. The zero-order valence-corrected chi connectivity index (χ0v) is 19.3. The van der Waals surface area contributed by atoms with Crippen LogP contribution in [0.1, 0.15) is 23.0 Å². The van der Waals surface area contributed by atoms with Crippen molar-refractivity contribution in [1.82, 2.24) is 19.8 Å². The van der Waals surface area contributed by atoms with Crippen LogP contribution in [0.5, 0.6) is 0 Å². The molecule has 8 nitrogen and oxygen atoms in total. The second kappa shape index (κ2) is 10.3. The van der Waals surface area contributed by atoms with Gasteiger partial charge in [-0.05, 0) is 19.1 Å². The maximum atomic E-state index is 14.6. The quantitative estimate of drug-likeness (QED) is 0.337. The summed E-state index contributed by atoms with van der Waals surface area (Å²) < 4.78 is 73.4. The Morgan fingerprint density at radius 1 is 1.23 bits per heavy atom. The lowest BCUT2D eigenvalue weighted by molar-refractivity contribution is -0.144. The number of esters is 1. The molecule has 13 heteroatoms. The van der Waals surface area contributed by atoms with Crippen LogP contribution in [-0.4, -0.2) is 65.3 Å². The van der Waals surface area contributed by atoms with Gasteiger partial charge in [0.25, 0.3) is 0 Å². The Balaban J connectivity index is 1.81. The van der Waals surface area contributed by atoms with E-state index in [1.165, 1.54) is 19.1 Å². The van der Waals surface area contributed by atoms with E-state index in [1.807, 2.05) is 4.90 Å². The third kappa shape index (κ3) is 5.19. The van der Waals surface area contributed by atoms with Crippen molar-refractivity contribution in [1.29, 1.82) is 0 Å². The summed E-state index contributed by atoms with van der Waals surface area (Å²) >= 11 is 6.11. The minimum absolute atomic E-state index is 0.0658. The first kappa shape index (κ1) is 25.1. The predicted molar refractivity (Wildman–Crippen MR) is 116 cm³/mol. The second-order valence-corrected chi connectivity index (χ2v) is 8.04. The first-order valence-corrected chi connectivity index (χ1v) is 11.1. The summed E-state index contributed by atoms with van der Waals surface area (Å²) in [5, 5.41) is 7.51. The van der Waals surface area contributed by atoms with Gasteiger partial charge in [0.05, 0.1) is 48.7 Å². The topological polar surface area (TPSA) is 82.6 Å². The van der Waals surface area contributed by atoms with Gasteiger partial charge < -0.3 is 14.0 Å². The van der Waals surface area contributed by atoms with E-state index in [2.05, 4.69) is 10.3 Å². The van der Waals surface area contributed by atoms with Crippen LogP contribution >= 0.6 is 11.6 Å². The van der Waals surface area contributed by atoms with Gasteiger partial charge in [-0.25, -0.2) is 9.18 Å². The molecular formula is C22H21ClF4N4O4. The molecule has 0 atom stereocenters. The number of nitrogens with zero attached hydrogens (tertiary/aromatic N) is 4. The first-order chi connectivity index (χ1) is 16.7. The highest BCUT2D eigenvalue weighted by Gasteiger charge is 2.42. The van der Waals surface area contributed by atoms with Crippen LogP contribution in [0.2, 0.25) is 5.02 Å². The molecule has 4 rings (SSSR count). The van der Waals surface area contributed by atoms with Crippen LogP contribution in [0.4, 0.5) is 17.6 Å². The Labute approximate surface area is 202 Å². The predicted octanol–water partition coefficient (Wildman–Crippen LogP) is 4.53. The van der Waals surface area contributed by atoms with Crippen LogP contribution in [0, 0.1) is 5.82 Å². The summed E-state index contributed by atoms with van der Waals surface area (Å²) in [6.45, 7) is 3.87. The number of carbonyl (C=O) groups is 1. The van der Waals surface area contributed by atoms with Crippen LogP contribution < -0.4 is 0 Å². The Morgan fingerprint density at radius 3 is 2.63 bits per heavy atom. The molecule has 0 bridgehead atoms. The number of alkyl halides is 3. The first-order valence-electron chi connectivity index (χ1n) is 10.8. The average Bonchev–Trinajstić information content (AvgIpc) is 3.43. The molecule has 1 aliphatic heterocycles. The van der Waals surface area contributed by atoms with E-state index < -0.39 is 40.5 Å². The van der Waals surface area contributed by atoms with Crippen molar-refractivity contribution in [3.05, 3.63) is 46.5 Å². The fourth-order valence-corrected chi connectivity index (χ4v) is 4.09. The molecular weight excluding hydrogens is 496 g/mol. The number of aromatic nitrogens is 3. The molecule has 0 spiro atoms. The zero-order valence-electron chi connectivity index (χ0n) is 18.6. The SMILES string of the molecule is CCOC(=O)c1c(-c2c(F)cccc2Cl)noc1-c1cnn(CCN2CCOCC2)c1C(F)(F)F. The fraction of sp³-hybridized carbons (Fsp3) is 0.409. The molecule has 35 heavy (non-hydrogen) atoms. The van der Waals surface area contributed by atoms with E-state index in [0.717, 1.165) is 16.9 Å². The number of benzene rings is 1. The van der Waals surface area contributed by atoms with Gasteiger partial charge in [-0.1, -0.05) is 22.8 Å². The molecule has 1 saturated heterocycles. The number of halogens is 5. The Morgan fingerprint density at radius 2 is 1.97 bits per heavy atom. The molecule has 0 amide bonds. The van der Waals surface area contributed by atoms with E-state index in [-0.39, 0.29) is 29.4 Å². The van der Waals surface area contributed by atoms with Crippen LogP contribution in [0.25, 0.3) is 22.6 Å². The van der Waals surface area contributed by atoms with Gasteiger partial charge in [-0.2, -0.15) is 18.3 Å². The smallest absolute Gasteiger partial charge is 0.433 e. The minimum atomic E-state index is -4.84. The maximum Gasteiger partial charge on any atom is 0.433 e. The molecule has 1 aliphatic rings. The normalized spacial score (nSPS) is 14.9. The molecule has 0 saturated carbocycles. The van der Waals surface area contributed by atoms with E-state index in [9.17, 15) is 22.4 Å². The number of hydrogen-bond acceptors (Lipinski definition) is 7. The molecule has 0 N–H and O–H groups in total. The lowest BCUT2D eigenvalue weighted by Crippen LogP contribution is -2.38. The molecule has 0 aliphatic carbocycles. The van der Waals surface area contributed by atoms with E-state index in [1.54, 1.807) is 0 Å². The largest absolute Gasteiger partial charge is 0.462 e. The highest BCUT2D eigenvalue weighted by atomic mass is 35.5. The molecule has 3 aromatic rings. The molecule has 0 unspecified atom stereocenters. The third-order valence-electron chi connectivity index (χ3n) is 5.46. The van der Waals surface area contributed by atoms with Gasteiger partial charge in [-0.15, -0.1) is 0 Å². The fourth-order valence-electron chi connectivity index (χ4n) is 3.84. The number of hydrogen-bond donors (Lipinski definition) is 0. The highest BCUT2D eigenvalue weighted by molar-refractivity contribution is 6.33. The average molecular weight is 517 g/mol. The van der Waals surface area contributed by atoms with Crippen molar-refractivity contribution < 1.29 is 36.4 Å². The van der Waals surface area contributed by atoms with Gasteiger partial charge in [0.2, 0.25) is 0 Å². The molecule has 0 radical (unpaired) electrons. The van der Waals surface area contributed by atoms with Crippen molar-refractivity contribution in [2.24, 2.45) is 0 Å². The van der Waals surface area contributed by atoms with Gasteiger partial charge >= 0.3 is 12.1 Å². The highest BCUT2D eigenvalue weighted by Crippen LogP contribution is 2.42. The van der Waals surface area contributed by atoms with Crippen molar-refractivity contribution in [2.45, 2.75) is 19.6 Å². The van der Waals surface area contributed by atoms with Gasteiger partial charge in [0, 0.05) is 19.6 Å². The molecule has 2 aromatic heterocycles. The summed E-state index contributed by atoms with van der Waals surface area (Å²) in [4.78, 5) is 14.8. The molecule has 1 aromatic carbocycles. The summed E-state index contributed by atoms with van der Waals surface area (Å²) in [5.41, 5.74) is -2.78. The minimum Gasteiger partial charge on any atom is -0.462 e. The van der Waals surface area contributed by atoms with E-state index >= 15 is 0 Å². The van der Waals surface area contributed by atoms with Crippen molar-refractivity contribution in [3.8, 4) is 22.6 Å². The van der Waals surface area contributed by atoms with Gasteiger partial charge in [0.1, 0.15) is 17.1 Å². The van der Waals surface area contributed by atoms with Crippen molar-refractivity contribution >= 4 is 17.6 Å². The molecule has 188 valence electrons. The Hall–Kier alpha value is -2.96. The van der Waals surface area contributed by atoms with Gasteiger partial charge in [0.15, 0.2) is 11.5 Å². The van der Waals surface area contributed by atoms with Crippen LogP contribution in [-0.2, 0) is 22.2 Å². The van der Waals surface area contributed by atoms with Crippen molar-refractivity contribution in [2.75, 3.05) is 39.5 Å². The molecule has 3 heterocycles. The number of rotatable bonds is 7.